The molecule has 0 aromatic heterocycles. The Morgan fingerprint density at radius 1 is 1.03 bits per heavy atom. The third-order valence-corrected chi connectivity index (χ3v) is 7.26. The zero-order chi connectivity index (χ0) is 24.9. The highest BCUT2D eigenvalue weighted by molar-refractivity contribution is 7.80. The first-order valence-electron chi connectivity index (χ1n) is 12.0. The highest BCUT2D eigenvalue weighted by Crippen LogP contribution is 2.28. The average Bonchev–Trinajstić information content (AvgIpc) is 3.06. The molecule has 186 valence electrons. The van der Waals surface area contributed by atoms with Gasteiger partial charge in [-0.15, -0.1) is 0 Å². The van der Waals surface area contributed by atoms with Gasteiger partial charge in [0.15, 0.2) is 5.11 Å². The summed E-state index contributed by atoms with van der Waals surface area (Å²) in [6, 6.07) is 14.0. The molecule has 0 unspecified atom stereocenters. The fourth-order valence-electron chi connectivity index (χ4n) is 4.48. The van der Waals surface area contributed by atoms with Crippen LogP contribution in [0.4, 0.5) is 11.4 Å². The number of anilines is 2. The van der Waals surface area contributed by atoms with Crippen molar-refractivity contribution in [2.45, 2.75) is 25.8 Å². The van der Waals surface area contributed by atoms with Gasteiger partial charge in [0.05, 0.1) is 12.1 Å². The Morgan fingerprint density at radius 3 is 2.34 bits per heavy atom. The fraction of sp³-hybridized carbons (Fsp3) is 0.423. The number of piperazine rings is 1. The minimum absolute atomic E-state index is 0.0263. The normalized spacial score (nSPS) is 19.5. The van der Waals surface area contributed by atoms with Crippen LogP contribution >= 0.6 is 23.8 Å². The Balaban J connectivity index is 1.46. The summed E-state index contributed by atoms with van der Waals surface area (Å²) in [4.78, 5) is 34.7. The van der Waals surface area contributed by atoms with Gasteiger partial charge in [-0.25, -0.2) is 0 Å². The van der Waals surface area contributed by atoms with Gasteiger partial charge in [-0.1, -0.05) is 29.3 Å². The van der Waals surface area contributed by atoms with Crippen molar-refractivity contribution in [1.29, 1.82) is 0 Å². The van der Waals surface area contributed by atoms with Gasteiger partial charge in [0.1, 0.15) is 6.04 Å². The lowest BCUT2D eigenvalue weighted by Gasteiger charge is -2.33. The van der Waals surface area contributed by atoms with Crippen molar-refractivity contribution in [3.05, 3.63) is 59.1 Å². The second-order valence-corrected chi connectivity index (χ2v) is 10.1. The summed E-state index contributed by atoms with van der Waals surface area (Å²) in [7, 11) is 2.14. The number of nitrogens with zero attached hydrogens (tertiary/aromatic N) is 4. The van der Waals surface area contributed by atoms with Gasteiger partial charge in [0.25, 0.3) is 5.91 Å². The zero-order valence-electron chi connectivity index (χ0n) is 20.2. The maximum Gasteiger partial charge on any atom is 0.256 e. The maximum absolute atomic E-state index is 13.5. The number of halogens is 1. The summed E-state index contributed by atoms with van der Waals surface area (Å²) in [6.45, 7) is 7.78. The number of carbonyl (C=O) groups is 2. The van der Waals surface area contributed by atoms with Crippen LogP contribution in [0.3, 0.4) is 0 Å². The summed E-state index contributed by atoms with van der Waals surface area (Å²) < 4.78 is 0. The van der Waals surface area contributed by atoms with Crippen LogP contribution in [0, 0.1) is 6.92 Å². The van der Waals surface area contributed by atoms with Gasteiger partial charge in [0, 0.05) is 43.4 Å². The number of likely N-dealkylation sites (N-methyl/N-ethyl adjacent to an activating group) is 1. The Labute approximate surface area is 217 Å². The van der Waals surface area contributed by atoms with Gasteiger partial charge in [-0.05, 0) is 75.6 Å². The van der Waals surface area contributed by atoms with E-state index in [4.69, 9.17) is 23.8 Å². The number of hydrogen-bond donors (Lipinski definition) is 1. The van der Waals surface area contributed by atoms with Crippen LogP contribution in [0.1, 0.15) is 18.4 Å². The average molecular weight is 514 g/mol. The molecule has 0 radical (unpaired) electrons. The van der Waals surface area contributed by atoms with Crippen LogP contribution < -0.4 is 10.2 Å². The number of hydrogen-bond acceptors (Lipinski definition) is 5. The monoisotopic (exact) mass is 513 g/mol. The van der Waals surface area contributed by atoms with Crippen LogP contribution in [-0.2, 0) is 9.59 Å². The van der Waals surface area contributed by atoms with E-state index in [0.29, 0.717) is 22.4 Å². The molecule has 0 saturated carbocycles. The number of nitrogens with one attached hydrogen (secondary N) is 1. The zero-order valence-corrected chi connectivity index (χ0v) is 21.8. The van der Waals surface area contributed by atoms with E-state index in [2.05, 4.69) is 22.2 Å². The third-order valence-electron chi connectivity index (χ3n) is 6.59. The first kappa shape index (κ1) is 25.6. The first-order valence-corrected chi connectivity index (χ1v) is 12.8. The van der Waals surface area contributed by atoms with Crippen molar-refractivity contribution >= 4 is 52.1 Å². The van der Waals surface area contributed by atoms with Gasteiger partial charge in [-0.3, -0.25) is 14.5 Å². The molecule has 2 amide bonds. The highest BCUT2D eigenvalue weighted by atomic mass is 35.5. The standard InChI is InChI=1S/C26H32ClN5O2S/c1-19-4-10-22(11-5-19)32-25(34)23(18-24(33)28-21-8-6-20(27)7-9-21)31(26(32)35)13-3-12-30-16-14-29(2)15-17-30/h4-11,23H,3,12-18H2,1-2H3,(H,28,33)/t23-/m1/s1. The van der Waals surface area contributed by atoms with E-state index >= 15 is 0 Å². The Bertz CT molecular complexity index is 1050. The molecule has 2 saturated heterocycles. The van der Waals surface area contributed by atoms with Crippen molar-refractivity contribution in [2.75, 3.05) is 56.5 Å². The van der Waals surface area contributed by atoms with E-state index in [-0.39, 0.29) is 18.2 Å². The van der Waals surface area contributed by atoms with Gasteiger partial charge in [0.2, 0.25) is 5.91 Å². The summed E-state index contributed by atoms with van der Waals surface area (Å²) in [6.07, 6.45) is 0.895. The van der Waals surface area contributed by atoms with Crippen molar-refractivity contribution in [3.8, 4) is 0 Å². The largest absolute Gasteiger partial charge is 0.336 e. The summed E-state index contributed by atoms with van der Waals surface area (Å²) in [5.41, 5.74) is 2.48. The third kappa shape index (κ3) is 6.38. The molecule has 2 fully saturated rings. The quantitative estimate of drug-likeness (QED) is 0.544. The molecule has 2 aromatic rings. The Morgan fingerprint density at radius 2 is 1.69 bits per heavy atom. The number of benzene rings is 2. The van der Waals surface area contributed by atoms with Crippen LogP contribution in [0.15, 0.2) is 48.5 Å². The molecule has 0 spiro atoms. The van der Waals surface area contributed by atoms with Gasteiger partial charge < -0.3 is 20.0 Å². The molecule has 2 aliphatic rings. The Hall–Kier alpha value is -2.52. The molecule has 4 rings (SSSR count). The maximum atomic E-state index is 13.5. The molecule has 1 N–H and O–H groups in total. The Kier molecular flexibility index (Phi) is 8.38. The molecule has 2 aromatic carbocycles. The number of amides is 2. The predicted molar refractivity (Wildman–Crippen MR) is 145 cm³/mol. The van der Waals surface area contributed by atoms with Gasteiger partial charge >= 0.3 is 0 Å². The van der Waals surface area contributed by atoms with E-state index in [1.54, 1.807) is 29.2 Å². The topological polar surface area (TPSA) is 59.1 Å². The minimum Gasteiger partial charge on any atom is -0.336 e. The second-order valence-electron chi connectivity index (χ2n) is 9.26. The summed E-state index contributed by atoms with van der Waals surface area (Å²) in [5.74, 6) is -0.395. The van der Waals surface area contributed by atoms with Crippen molar-refractivity contribution in [2.24, 2.45) is 0 Å². The molecule has 1 atom stereocenters. The van der Waals surface area contributed by atoms with Crippen LogP contribution in [0.5, 0.6) is 0 Å². The number of aryl methyl sites for hydroxylation is 1. The molecule has 2 aliphatic heterocycles. The molecule has 0 bridgehead atoms. The predicted octanol–water partition coefficient (Wildman–Crippen LogP) is 3.62. The fourth-order valence-corrected chi connectivity index (χ4v) is 5.02. The summed E-state index contributed by atoms with van der Waals surface area (Å²) in [5, 5.41) is 3.93. The van der Waals surface area contributed by atoms with Crippen LogP contribution in [-0.4, -0.2) is 84.0 Å². The highest BCUT2D eigenvalue weighted by Gasteiger charge is 2.43. The van der Waals surface area contributed by atoms with Gasteiger partial charge in [-0.2, -0.15) is 0 Å². The lowest BCUT2D eigenvalue weighted by atomic mass is 10.1. The minimum atomic E-state index is -0.636. The van der Waals surface area contributed by atoms with Crippen LogP contribution in [0.2, 0.25) is 5.02 Å². The molecular weight excluding hydrogens is 482 g/mol. The van der Waals surface area contributed by atoms with E-state index in [0.717, 1.165) is 50.4 Å². The second kappa shape index (κ2) is 11.5. The lowest BCUT2D eigenvalue weighted by Crippen LogP contribution is -2.45. The molecule has 2 heterocycles. The van der Waals surface area contributed by atoms with E-state index in [9.17, 15) is 9.59 Å². The number of rotatable bonds is 8. The van der Waals surface area contributed by atoms with Crippen molar-refractivity contribution in [3.63, 3.8) is 0 Å². The number of thiocarbonyl (C=S) groups is 1. The molecule has 0 aliphatic carbocycles. The van der Waals surface area contributed by atoms with E-state index in [1.807, 2.05) is 36.1 Å². The number of carbonyl (C=O) groups excluding carboxylic acids is 2. The lowest BCUT2D eigenvalue weighted by molar-refractivity contribution is -0.124. The molecule has 7 nitrogen and oxygen atoms in total. The van der Waals surface area contributed by atoms with Crippen molar-refractivity contribution < 1.29 is 9.59 Å². The van der Waals surface area contributed by atoms with Crippen LogP contribution in [0.25, 0.3) is 0 Å². The SMILES string of the molecule is Cc1ccc(N2C(=O)[C@@H](CC(=O)Nc3ccc(Cl)cc3)N(CCCN3CCN(C)CC3)C2=S)cc1. The van der Waals surface area contributed by atoms with Crippen molar-refractivity contribution in [1.82, 2.24) is 14.7 Å². The summed E-state index contributed by atoms with van der Waals surface area (Å²) >= 11 is 11.7. The van der Waals surface area contributed by atoms with E-state index in [1.165, 1.54) is 0 Å². The van der Waals surface area contributed by atoms with E-state index < -0.39 is 6.04 Å². The smallest absolute Gasteiger partial charge is 0.256 e. The molecule has 9 heteroatoms. The molecule has 35 heavy (non-hydrogen) atoms. The first-order chi connectivity index (χ1) is 16.8. The molecular formula is C26H32ClN5O2S.